The summed E-state index contributed by atoms with van der Waals surface area (Å²) in [5, 5.41) is 0.400. The first-order valence-corrected chi connectivity index (χ1v) is 12.3. The predicted molar refractivity (Wildman–Crippen MR) is 142 cm³/mol. The molecule has 0 spiro atoms. The minimum absolute atomic E-state index is 0.117. The number of aryl methyl sites for hydroxylation is 1. The van der Waals surface area contributed by atoms with Crippen molar-refractivity contribution in [2.45, 2.75) is 39.7 Å². The van der Waals surface area contributed by atoms with Crippen LogP contribution >= 0.6 is 27.5 Å². The van der Waals surface area contributed by atoms with Crippen LogP contribution in [-0.4, -0.2) is 31.6 Å². The Hall–Kier alpha value is -3.30. The predicted octanol–water partition coefficient (Wildman–Crippen LogP) is 5.69. The fourth-order valence-corrected chi connectivity index (χ4v) is 4.06. The van der Waals surface area contributed by atoms with Crippen LogP contribution in [-0.2, 0) is 12.0 Å². The molecule has 0 aliphatic heterocycles. The number of halogens is 2. The second-order valence-corrected chi connectivity index (χ2v) is 10.3. The van der Waals surface area contributed by atoms with E-state index in [0.29, 0.717) is 28.1 Å². The van der Waals surface area contributed by atoms with Gasteiger partial charge in [-0.3, -0.25) is 9.36 Å². The average Bonchev–Trinajstić information content (AvgIpc) is 2.86. The Kier molecular flexibility index (Phi) is 7.42. The van der Waals surface area contributed by atoms with Crippen LogP contribution in [0, 0.1) is 6.92 Å². The molecule has 10 heteroatoms. The molecule has 0 saturated carbocycles. The van der Waals surface area contributed by atoms with Crippen LogP contribution in [0.1, 0.15) is 38.1 Å². The summed E-state index contributed by atoms with van der Waals surface area (Å²) >= 11 is 9.89. The second-order valence-electron chi connectivity index (χ2n) is 9.06. The molecular formula is C26H25BrClN5O3. The summed E-state index contributed by atoms with van der Waals surface area (Å²) in [6, 6.07) is 12.6. The summed E-state index contributed by atoms with van der Waals surface area (Å²) in [5.41, 5.74) is 2.10. The SMILES string of the molecule is COc1cccc(COc2nc(C)n(-c3cc(-c4ccnc(C(C)(C)C)n4)ccc3Cl)c(=O)c2Br)n1. The van der Waals surface area contributed by atoms with Gasteiger partial charge in [-0.25, -0.2) is 15.0 Å². The van der Waals surface area contributed by atoms with E-state index in [4.69, 9.17) is 26.1 Å². The number of nitrogens with zero attached hydrogens (tertiary/aromatic N) is 5. The van der Waals surface area contributed by atoms with Gasteiger partial charge in [-0.05, 0) is 47.1 Å². The van der Waals surface area contributed by atoms with E-state index in [9.17, 15) is 4.79 Å². The molecule has 0 bridgehead atoms. The van der Waals surface area contributed by atoms with Crippen LogP contribution in [0.3, 0.4) is 0 Å². The average molecular weight is 571 g/mol. The van der Waals surface area contributed by atoms with Crippen LogP contribution in [0.2, 0.25) is 5.02 Å². The van der Waals surface area contributed by atoms with Gasteiger partial charge in [0.25, 0.3) is 5.56 Å². The molecule has 0 unspecified atom stereocenters. The first-order valence-electron chi connectivity index (χ1n) is 11.1. The molecule has 0 saturated heterocycles. The minimum atomic E-state index is -0.354. The Morgan fingerprint density at radius 1 is 1.08 bits per heavy atom. The van der Waals surface area contributed by atoms with E-state index in [-0.39, 0.29) is 27.9 Å². The Labute approximate surface area is 222 Å². The quantitative estimate of drug-likeness (QED) is 0.294. The third-order valence-corrected chi connectivity index (χ3v) is 6.32. The Balaban J connectivity index is 1.71. The van der Waals surface area contributed by atoms with Crippen molar-refractivity contribution in [3.8, 4) is 28.7 Å². The molecular weight excluding hydrogens is 546 g/mol. The minimum Gasteiger partial charge on any atom is -0.481 e. The van der Waals surface area contributed by atoms with E-state index >= 15 is 0 Å². The van der Waals surface area contributed by atoms with Gasteiger partial charge in [0.15, 0.2) is 0 Å². The molecule has 4 aromatic rings. The number of hydrogen-bond acceptors (Lipinski definition) is 7. The van der Waals surface area contributed by atoms with Crippen molar-refractivity contribution in [2.24, 2.45) is 0 Å². The lowest BCUT2D eigenvalue weighted by atomic mass is 9.95. The normalized spacial score (nSPS) is 11.4. The topological polar surface area (TPSA) is 92.0 Å². The molecule has 0 aliphatic carbocycles. The Morgan fingerprint density at radius 2 is 1.86 bits per heavy atom. The molecule has 3 heterocycles. The van der Waals surface area contributed by atoms with Crippen molar-refractivity contribution in [3.05, 3.63) is 85.9 Å². The van der Waals surface area contributed by atoms with Crippen molar-refractivity contribution in [2.75, 3.05) is 7.11 Å². The largest absolute Gasteiger partial charge is 0.481 e. The standard InChI is InChI=1S/C26H25BrClN5O3/c1-15-30-23(36-14-17-7-6-8-21(31-17)35-5)22(27)24(34)33(15)20-13-16(9-10-18(20)28)19-11-12-29-25(32-19)26(2,3)4/h6-13H,14H2,1-5H3. The number of benzene rings is 1. The van der Waals surface area contributed by atoms with E-state index in [1.54, 1.807) is 38.4 Å². The van der Waals surface area contributed by atoms with E-state index in [1.807, 2.05) is 24.3 Å². The zero-order valence-electron chi connectivity index (χ0n) is 20.5. The number of methoxy groups -OCH3 is 1. The highest BCUT2D eigenvalue weighted by Crippen LogP contribution is 2.29. The summed E-state index contributed by atoms with van der Waals surface area (Å²) < 4.78 is 12.6. The smallest absolute Gasteiger partial charge is 0.276 e. The van der Waals surface area contributed by atoms with Gasteiger partial charge in [0.05, 0.1) is 29.2 Å². The lowest BCUT2D eigenvalue weighted by Crippen LogP contribution is -2.24. The molecule has 0 amide bonds. The highest BCUT2D eigenvalue weighted by Gasteiger charge is 2.20. The van der Waals surface area contributed by atoms with Crippen molar-refractivity contribution < 1.29 is 9.47 Å². The number of pyridine rings is 1. The van der Waals surface area contributed by atoms with Crippen molar-refractivity contribution in [1.82, 2.24) is 24.5 Å². The van der Waals surface area contributed by atoms with Crippen LogP contribution in [0.15, 0.2) is 57.9 Å². The summed E-state index contributed by atoms with van der Waals surface area (Å²) in [4.78, 5) is 31.3. The van der Waals surface area contributed by atoms with Gasteiger partial charge >= 0.3 is 0 Å². The van der Waals surface area contributed by atoms with E-state index in [1.165, 1.54) is 4.57 Å². The number of aromatic nitrogens is 5. The molecule has 0 N–H and O–H groups in total. The van der Waals surface area contributed by atoms with Gasteiger partial charge in [0.1, 0.15) is 22.7 Å². The summed E-state index contributed by atoms with van der Waals surface area (Å²) in [5.74, 6) is 1.77. The first-order chi connectivity index (χ1) is 17.1. The number of ether oxygens (including phenoxy) is 2. The molecule has 0 aliphatic rings. The molecule has 0 fully saturated rings. The zero-order valence-corrected chi connectivity index (χ0v) is 22.9. The highest BCUT2D eigenvalue weighted by molar-refractivity contribution is 9.10. The summed E-state index contributed by atoms with van der Waals surface area (Å²) in [6.45, 7) is 8.00. The van der Waals surface area contributed by atoms with Crippen LogP contribution in [0.5, 0.6) is 11.8 Å². The maximum Gasteiger partial charge on any atom is 0.276 e. The highest BCUT2D eigenvalue weighted by atomic mass is 79.9. The third kappa shape index (κ3) is 5.42. The lowest BCUT2D eigenvalue weighted by molar-refractivity contribution is 0.282. The Morgan fingerprint density at radius 3 is 2.58 bits per heavy atom. The summed E-state index contributed by atoms with van der Waals surface area (Å²) in [7, 11) is 1.54. The monoisotopic (exact) mass is 569 g/mol. The molecule has 4 rings (SSSR count). The molecule has 0 radical (unpaired) electrons. The lowest BCUT2D eigenvalue weighted by Gasteiger charge is -2.18. The van der Waals surface area contributed by atoms with E-state index < -0.39 is 0 Å². The van der Waals surface area contributed by atoms with Crippen LogP contribution < -0.4 is 15.0 Å². The van der Waals surface area contributed by atoms with Gasteiger partial charge < -0.3 is 9.47 Å². The van der Waals surface area contributed by atoms with Gasteiger partial charge in [-0.2, -0.15) is 4.98 Å². The fourth-order valence-electron chi connectivity index (χ4n) is 3.48. The summed E-state index contributed by atoms with van der Waals surface area (Å²) in [6.07, 6.45) is 1.73. The van der Waals surface area contributed by atoms with Crippen molar-refractivity contribution >= 4 is 27.5 Å². The van der Waals surface area contributed by atoms with E-state index in [0.717, 1.165) is 17.1 Å². The van der Waals surface area contributed by atoms with Gasteiger partial charge in [0.2, 0.25) is 11.8 Å². The number of hydrogen-bond donors (Lipinski definition) is 0. The second kappa shape index (κ2) is 10.4. The molecule has 8 nitrogen and oxygen atoms in total. The third-order valence-electron chi connectivity index (χ3n) is 5.32. The molecule has 1 aromatic carbocycles. The molecule has 186 valence electrons. The van der Waals surface area contributed by atoms with Gasteiger partial charge in [0, 0.05) is 23.2 Å². The van der Waals surface area contributed by atoms with Crippen LogP contribution in [0.4, 0.5) is 0 Å². The van der Waals surface area contributed by atoms with Gasteiger partial charge in [-0.1, -0.05) is 44.5 Å². The van der Waals surface area contributed by atoms with Crippen molar-refractivity contribution in [1.29, 1.82) is 0 Å². The molecule has 0 atom stereocenters. The van der Waals surface area contributed by atoms with Gasteiger partial charge in [-0.15, -0.1) is 0 Å². The van der Waals surface area contributed by atoms with Crippen LogP contribution in [0.25, 0.3) is 16.9 Å². The molecule has 3 aromatic heterocycles. The van der Waals surface area contributed by atoms with E-state index in [2.05, 4.69) is 51.7 Å². The Bertz CT molecular complexity index is 1480. The maximum absolute atomic E-state index is 13.4. The zero-order chi connectivity index (χ0) is 26.0. The number of rotatable bonds is 6. The first kappa shape index (κ1) is 25.8. The maximum atomic E-state index is 13.4. The molecule has 36 heavy (non-hydrogen) atoms. The fraction of sp³-hybridized carbons (Fsp3) is 0.269. The van der Waals surface area contributed by atoms with Crippen molar-refractivity contribution in [3.63, 3.8) is 0 Å².